The lowest BCUT2D eigenvalue weighted by Crippen LogP contribution is -2.32. The summed E-state index contributed by atoms with van der Waals surface area (Å²) in [6.07, 6.45) is 7.12. The molecule has 0 bridgehead atoms. The summed E-state index contributed by atoms with van der Waals surface area (Å²) in [5.41, 5.74) is 2.51. The predicted molar refractivity (Wildman–Crippen MR) is 131 cm³/mol. The number of anilines is 1. The summed E-state index contributed by atoms with van der Waals surface area (Å²) in [6.45, 7) is 3.37. The van der Waals surface area contributed by atoms with Crippen molar-refractivity contribution in [3.63, 3.8) is 0 Å². The number of thiazole rings is 1. The monoisotopic (exact) mass is 494 g/mol. The van der Waals surface area contributed by atoms with Crippen molar-refractivity contribution in [2.24, 2.45) is 0 Å². The van der Waals surface area contributed by atoms with Gasteiger partial charge in [0.15, 0.2) is 5.13 Å². The molecule has 0 atom stereocenters. The van der Waals surface area contributed by atoms with Crippen LogP contribution in [0.15, 0.2) is 55.1 Å². The van der Waals surface area contributed by atoms with Crippen molar-refractivity contribution in [3.8, 4) is 0 Å². The minimum absolute atomic E-state index is 0. The van der Waals surface area contributed by atoms with Crippen molar-refractivity contribution in [3.05, 3.63) is 76.3 Å². The maximum atomic E-state index is 13.4. The van der Waals surface area contributed by atoms with Crippen molar-refractivity contribution >= 4 is 68.2 Å². The number of hydrogen-bond donors (Lipinski definition) is 0. The highest BCUT2D eigenvalue weighted by atomic mass is 35.5. The SMILES string of the molecule is CCc1ccc2nc(N(CCCn3ccnc3)C(=O)c3cc(Cl)ccc3Cl)sc2c1.Cl. The Morgan fingerprint density at radius 1 is 1.19 bits per heavy atom. The minimum atomic E-state index is -0.206. The first-order valence-electron chi connectivity index (χ1n) is 9.67. The van der Waals surface area contributed by atoms with Gasteiger partial charge in [-0.15, -0.1) is 12.4 Å². The van der Waals surface area contributed by atoms with Crippen LogP contribution in [0.25, 0.3) is 10.2 Å². The van der Waals surface area contributed by atoms with Gasteiger partial charge in [-0.05, 0) is 48.7 Å². The molecule has 0 saturated carbocycles. The third-order valence-electron chi connectivity index (χ3n) is 4.84. The van der Waals surface area contributed by atoms with E-state index in [0.717, 1.165) is 29.6 Å². The van der Waals surface area contributed by atoms with Crippen LogP contribution in [0.4, 0.5) is 5.13 Å². The third kappa shape index (κ3) is 5.39. The van der Waals surface area contributed by atoms with Crippen LogP contribution in [-0.4, -0.2) is 27.0 Å². The fourth-order valence-electron chi connectivity index (χ4n) is 3.21. The van der Waals surface area contributed by atoms with Crippen molar-refractivity contribution in [1.82, 2.24) is 14.5 Å². The Bertz CT molecular complexity index is 1180. The van der Waals surface area contributed by atoms with Gasteiger partial charge in [-0.1, -0.05) is 47.5 Å². The molecule has 0 spiro atoms. The zero-order valence-corrected chi connectivity index (χ0v) is 19.9. The lowest BCUT2D eigenvalue weighted by Gasteiger charge is -2.20. The highest BCUT2D eigenvalue weighted by molar-refractivity contribution is 7.22. The smallest absolute Gasteiger partial charge is 0.261 e. The largest absolute Gasteiger partial charge is 0.337 e. The number of aromatic nitrogens is 3. The second-order valence-corrected chi connectivity index (χ2v) is 8.74. The Kier molecular flexibility index (Phi) is 7.94. The number of fused-ring (bicyclic) bond motifs is 1. The van der Waals surface area contributed by atoms with Crippen LogP contribution in [0.3, 0.4) is 0 Å². The molecule has 0 aliphatic rings. The van der Waals surface area contributed by atoms with E-state index < -0.39 is 0 Å². The molecule has 4 aromatic rings. The molecule has 0 fully saturated rings. The summed E-state index contributed by atoms with van der Waals surface area (Å²) in [7, 11) is 0. The Balaban J connectivity index is 0.00000272. The molecular formula is C22H21Cl3N4OS. The molecule has 0 saturated heterocycles. The summed E-state index contributed by atoms with van der Waals surface area (Å²) in [6, 6.07) is 11.1. The Morgan fingerprint density at radius 2 is 2.03 bits per heavy atom. The lowest BCUT2D eigenvalue weighted by atomic mass is 10.2. The maximum absolute atomic E-state index is 13.4. The van der Waals surface area contributed by atoms with Crippen molar-refractivity contribution in [2.45, 2.75) is 26.3 Å². The van der Waals surface area contributed by atoms with Crippen LogP contribution in [0.1, 0.15) is 29.3 Å². The molecule has 31 heavy (non-hydrogen) atoms. The highest BCUT2D eigenvalue weighted by Gasteiger charge is 2.23. The second kappa shape index (κ2) is 10.5. The number of benzene rings is 2. The molecule has 2 aromatic heterocycles. The van der Waals surface area contributed by atoms with Gasteiger partial charge in [-0.25, -0.2) is 9.97 Å². The van der Waals surface area contributed by atoms with Crippen LogP contribution in [0, 0.1) is 0 Å². The average Bonchev–Trinajstić information content (AvgIpc) is 3.41. The number of nitrogens with zero attached hydrogens (tertiary/aromatic N) is 4. The third-order valence-corrected chi connectivity index (χ3v) is 6.45. The highest BCUT2D eigenvalue weighted by Crippen LogP contribution is 2.32. The van der Waals surface area contributed by atoms with Gasteiger partial charge in [0.25, 0.3) is 5.91 Å². The average molecular weight is 496 g/mol. The summed E-state index contributed by atoms with van der Waals surface area (Å²) in [4.78, 5) is 23.9. The number of aryl methyl sites for hydroxylation is 2. The quantitative estimate of drug-likeness (QED) is 0.293. The van der Waals surface area contributed by atoms with Gasteiger partial charge < -0.3 is 4.57 Å². The van der Waals surface area contributed by atoms with Gasteiger partial charge >= 0.3 is 0 Å². The van der Waals surface area contributed by atoms with Crippen LogP contribution >= 0.6 is 46.9 Å². The first-order valence-corrected chi connectivity index (χ1v) is 11.2. The Hall–Kier alpha value is -2.12. The van der Waals surface area contributed by atoms with E-state index in [0.29, 0.717) is 27.3 Å². The first-order chi connectivity index (χ1) is 14.5. The van der Waals surface area contributed by atoms with E-state index in [1.807, 2.05) is 16.8 Å². The fraction of sp³-hybridized carbons (Fsp3) is 0.227. The molecule has 0 radical (unpaired) electrons. The molecule has 0 aliphatic heterocycles. The number of carbonyl (C=O) groups excluding carboxylic acids is 1. The van der Waals surface area contributed by atoms with Gasteiger partial charge in [0.05, 0.1) is 27.1 Å². The van der Waals surface area contributed by atoms with Gasteiger partial charge in [0.1, 0.15) is 0 Å². The van der Waals surface area contributed by atoms with E-state index in [2.05, 4.69) is 24.0 Å². The van der Waals surface area contributed by atoms with Crippen molar-refractivity contribution in [1.29, 1.82) is 0 Å². The predicted octanol–water partition coefficient (Wildman–Crippen LogP) is 6.52. The molecule has 2 aromatic carbocycles. The topological polar surface area (TPSA) is 51.0 Å². The molecule has 5 nitrogen and oxygen atoms in total. The second-order valence-electron chi connectivity index (χ2n) is 6.89. The summed E-state index contributed by atoms with van der Waals surface area (Å²) in [5.74, 6) is -0.206. The molecule has 0 N–H and O–H groups in total. The molecule has 0 unspecified atom stereocenters. The van der Waals surface area contributed by atoms with Crippen LogP contribution in [0.2, 0.25) is 10.0 Å². The van der Waals surface area contributed by atoms with E-state index in [1.165, 1.54) is 16.9 Å². The molecule has 2 heterocycles. The number of rotatable bonds is 7. The fourth-order valence-corrected chi connectivity index (χ4v) is 4.64. The standard InChI is InChI=1S/C22H20Cl2N4OS.ClH/c1-2-15-4-7-19-20(12-15)30-22(26-19)28(10-3-9-27-11-8-25-14-27)21(29)17-13-16(23)5-6-18(17)24;/h4-8,11-14H,2-3,9-10H2,1H3;1H. The van der Waals surface area contributed by atoms with Gasteiger partial charge in [0, 0.05) is 30.5 Å². The number of imidazole rings is 1. The van der Waals surface area contributed by atoms with Gasteiger partial charge in [-0.3, -0.25) is 9.69 Å². The van der Waals surface area contributed by atoms with E-state index in [9.17, 15) is 4.79 Å². The number of carbonyl (C=O) groups is 1. The van der Waals surface area contributed by atoms with E-state index in [-0.39, 0.29) is 18.3 Å². The molecule has 162 valence electrons. The van der Waals surface area contributed by atoms with Crippen molar-refractivity contribution in [2.75, 3.05) is 11.4 Å². The maximum Gasteiger partial charge on any atom is 0.261 e. The molecule has 0 aliphatic carbocycles. The van der Waals surface area contributed by atoms with E-state index in [1.54, 1.807) is 35.6 Å². The molecular weight excluding hydrogens is 475 g/mol. The number of amides is 1. The van der Waals surface area contributed by atoms with Gasteiger partial charge in [0.2, 0.25) is 0 Å². The van der Waals surface area contributed by atoms with Crippen LogP contribution in [-0.2, 0) is 13.0 Å². The normalized spacial score (nSPS) is 10.8. The van der Waals surface area contributed by atoms with Gasteiger partial charge in [-0.2, -0.15) is 0 Å². The summed E-state index contributed by atoms with van der Waals surface area (Å²) < 4.78 is 3.05. The summed E-state index contributed by atoms with van der Waals surface area (Å²) in [5, 5.41) is 1.50. The minimum Gasteiger partial charge on any atom is -0.337 e. The number of halogens is 3. The Labute approximate surface area is 201 Å². The van der Waals surface area contributed by atoms with Crippen LogP contribution < -0.4 is 4.90 Å². The van der Waals surface area contributed by atoms with E-state index >= 15 is 0 Å². The van der Waals surface area contributed by atoms with E-state index in [4.69, 9.17) is 28.2 Å². The lowest BCUT2D eigenvalue weighted by molar-refractivity contribution is 0.0986. The molecule has 4 rings (SSSR count). The molecule has 1 amide bonds. The van der Waals surface area contributed by atoms with Crippen LogP contribution in [0.5, 0.6) is 0 Å². The zero-order chi connectivity index (χ0) is 21.1. The molecule has 9 heteroatoms. The first kappa shape index (κ1) is 23.5. The summed E-state index contributed by atoms with van der Waals surface area (Å²) >= 11 is 14.0. The number of hydrogen-bond acceptors (Lipinski definition) is 4. The van der Waals surface area contributed by atoms with Crippen molar-refractivity contribution < 1.29 is 4.79 Å². The Morgan fingerprint density at radius 3 is 2.77 bits per heavy atom. The zero-order valence-electron chi connectivity index (χ0n) is 16.8.